The molecule has 1 aliphatic rings. The minimum atomic E-state index is 0.705. The van der Waals surface area contributed by atoms with Crippen LogP contribution >= 0.6 is 0 Å². The summed E-state index contributed by atoms with van der Waals surface area (Å²) in [4.78, 5) is 0. The molecule has 1 fully saturated rings. The standard InChI is InChI=1S/C9H14N/c10-8-4-3-7-9-5-1-2-6-9/h7,9H,1-6H2. The van der Waals surface area contributed by atoms with Gasteiger partial charge in [0.2, 0.25) is 0 Å². The first kappa shape index (κ1) is 7.60. The van der Waals surface area contributed by atoms with Crippen LogP contribution in [0.4, 0.5) is 0 Å². The lowest BCUT2D eigenvalue weighted by Crippen LogP contribution is -1.92. The number of nitrogens with zero attached hydrogens (tertiary/aromatic N) is 1. The van der Waals surface area contributed by atoms with Gasteiger partial charge in [0, 0.05) is 6.42 Å². The SMILES string of the molecule is N#CCC[CH]C1CCCC1. The fraction of sp³-hybridized carbons (Fsp3) is 0.778. The van der Waals surface area contributed by atoms with Crippen molar-refractivity contribution in [1.82, 2.24) is 0 Å². The highest BCUT2D eigenvalue weighted by Crippen LogP contribution is 2.27. The van der Waals surface area contributed by atoms with Crippen molar-refractivity contribution in [1.29, 1.82) is 5.26 Å². The van der Waals surface area contributed by atoms with Gasteiger partial charge in [-0.25, -0.2) is 0 Å². The summed E-state index contributed by atoms with van der Waals surface area (Å²) in [5.74, 6) is 0.841. The number of hydrogen-bond donors (Lipinski definition) is 0. The fourth-order valence-electron chi connectivity index (χ4n) is 1.58. The Labute approximate surface area is 63.0 Å². The first-order chi connectivity index (χ1) is 4.93. The van der Waals surface area contributed by atoms with Gasteiger partial charge in [0.25, 0.3) is 0 Å². The lowest BCUT2D eigenvalue weighted by Gasteiger charge is -2.04. The van der Waals surface area contributed by atoms with Crippen LogP contribution in [0.2, 0.25) is 0 Å². The van der Waals surface area contributed by atoms with Crippen LogP contribution in [0.15, 0.2) is 0 Å². The second-order valence-electron chi connectivity index (χ2n) is 2.98. The van der Waals surface area contributed by atoms with Gasteiger partial charge in [-0.15, -0.1) is 0 Å². The second-order valence-corrected chi connectivity index (χ2v) is 2.98. The van der Waals surface area contributed by atoms with Gasteiger partial charge in [-0.1, -0.05) is 25.7 Å². The van der Waals surface area contributed by atoms with Gasteiger partial charge in [0.05, 0.1) is 6.07 Å². The normalized spacial score (nSPS) is 19.1. The molecule has 0 unspecified atom stereocenters. The van der Waals surface area contributed by atoms with Crippen molar-refractivity contribution in [2.75, 3.05) is 0 Å². The monoisotopic (exact) mass is 136 g/mol. The van der Waals surface area contributed by atoms with Crippen molar-refractivity contribution in [3.05, 3.63) is 6.42 Å². The Morgan fingerprint density at radius 2 is 2.10 bits per heavy atom. The highest BCUT2D eigenvalue weighted by atomic mass is 14.2. The first-order valence-electron chi connectivity index (χ1n) is 4.14. The van der Waals surface area contributed by atoms with Gasteiger partial charge in [-0.3, -0.25) is 0 Å². The van der Waals surface area contributed by atoms with Crippen LogP contribution in [0, 0.1) is 23.7 Å². The van der Waals surface area contributed by atoms with E-state index in [2.05, 4.69) is 12.5 Å². The predicted molar refractivity (Wildman–Crippen MR) is 41.1 cm³/mol. The van der Waals surface area contributed by atoms with Crippen LogP contribution in [0.5, 0.6) is 0 Å². The third kappa shape index (κ3) is 2.39. The van der Waals surface area contributed by atoms with E-state index in [1.165, 1.54) is 25.7 Å². The third-order valence-corrected chi connectivity index (χ3v) is 2.16. The summed E-state index contributed by atoms with van der Waals surface area (Å²) in [6.07, 6.45) is 9.56. The van der Waals surface area contributed by atoms with Crippen LogP contribution in [-0.2, 0) is 0 Å². The van der Waals surface area contributed by atoms with Crippen molar-refractivity contribution in [2.45, 2.75) is 38.5 Å². The Bertz CT molecular complexity index is 117. The molecule has 0 aromatic rings. The fourth-order valence-corrected chi connectivity index (χ4v) is 1.58. The molecule has 0 heterocycles. The van der Waals surface area contributed by atoms with Crippen LogP contribution < -0.4 is 0 Å². The molecule has 1 aliphatic carbocycles. The molecule has 0 saturated heterocycles. The molecule has 1 heteroatoms. The Kier molecular flexibility index (Phi) is 3.29. The smallest absolute Gasteiger partial charge is 0.0621 e. The van der Waals surface area contributed by atoms with Crippen molar-refractivity contribution in [3.63, 3.8) is 0 Å². The maximum Gasteiger partial charge on any atom is 0.0621 e. The summed E-state index contributed by atoms with van der Waals surface area (Å²) in [5.41, 5.74) is 0. The Morgan fingerprint density at radius 1 is 1.40 bits per heavy atom. The van der Waals surface area contributed by atoms with Gasteiger partial charge in [-0.05, 0) is 18.8 Å². The number of hydrogen-bond acceptors (Lipinski definition) is 1. The Morgan fingerprint density at radius 3 is 2.70 bits per heavy atom. The van der Waals surface area contributed by atoms with E-state index in [1.54, 1.807) is 0 Å². The van der Waals surface area contributed by atoms with Crippen LogP contribution in [0.3, 0.4) is 0 Å². The molecule has 1 radical (unpaired) electrons. The molecule has 0 aromatic heterocycles. The molecule has 10 heavy (non-hydrogen) atoms. The van der Waals surface area contributed by atoms with Crippen molar-refractivity contribution in [3.8, 4) is 6.07 Å². The van der Waals surface area contributed by atoms with Gasteiger partial charge >= 0.3 is 0 Å². The predicted octanol–water partition coefficient (Wildman–Crippen LogP) is 2.68. The van der Waals surface area contributed by atoms with Crippen molar-refractivity contribution in [2.24, 2.45) is 5.92 Å². The van der Waals surface area contributed by atoms with E-state index >= 15 is 0 Å². The highest BCUT2D eigenvalue weighted by molar-refractivity contribution is 4.83. The molecule has 1 rings (SSSR count). The van der Waals surface area contributed by atoms with E-state index < -0.39 is 0 Å². The quantitative estimate of drug-likeness (QED) is 0.547. The third-order valence-electron chi connectivity index (χ3n) is 2.16. The molecule has 1 nitrogen and oxygen atoms in total. The van der Waals surface area contributed by atoms with E-state index in [0.29, 0.717) is 6.42 Å². The van der Waals surface area contributed by atoms with E-state index in [1.807, 2.05) is 0 Å². The van der Waals surface area contributed by atoms with Gasteiger partial charge < -0.3 is 0 Å². The molecule has 0 atom stereocenters. The van der Waals surface area contributed by atoms with E-state index in [9.17, 15) is 0 Å². The maximum absolute atomic E-state index is 8.27. The summed E-state index contributed by atoms with van der Waals surface area (Å²) in [5, 5.41) is 8.27. The lowest BCUT2D eigenvalue weighted by atomic mass is 10.0. The molecular formula is C9H14N. The molecule has 0 aliphatic heterocycles. The molecule has 0 aromatic carbocycles. The molecular weight excluding hydrogens is 122 g/mol. The Balaban J connectivity index is 1.97. The van der Waals surface area contributed by atoms with Crippen LogP contribution in [0.25, 0.3) is 0 Å². The average Bonchev–Trinajstić information content (AvgIpc) is 2.41. The summed E-state index contributed by atoms with van der Waals surface area (Å²) >= 11 is 0. The maximum atomic E-state index is 8.27. The zero-order valence-corrected chi connectivity index (χ0v) is 6.34. The summed E-state index contributed by atoms with van der Waals surface area (Å²) in [6, 6.07) is 2.16. The number of rotatable bonds is 3. The summed E-state index contributed by atoms with van der Waals surface area (Å²) < 4.78 is 0. The molecule has 0 bridgehead atoms. The topological polar surface area (TPSA) is 23.8 Å². The van der Waals surface area contributed by atoms with Gasteiger partial charge in [0.15, 0.2) is 0 Å². The first-order valence-corrected chi connectivity index (χ1v) is 4.14. The minimum absolute atomic E-state index is 0.705. The second kappa shape index (κ2) is 4.33. The van der Waals surface area contributed by atoms with E-state index in [0.717, 1.165) is 12.3 Å². The van der Waals surface area contributed by atoms with E-state index in [-0.39, 0.29) is 0 Å². The van der Waals surface area contributed by atoms with Crippen molar-refractivity contribution < 1.29 is 0 Å². The highest BCUT2D eigenvalue weighted by Gasteiger charge is 2.13. The lowest BCUT2D eigenvalue weighted by molar-refractivity contribution is 0.605. The van der Waals surface area contributed by atoms with E-state index in [4.69, 9.17) is 5.26 Å². The largest absolute Gasteiger partial charge is 0.198 e. The zero-order chi connectivity index (χ0) is 7.23. The number of nitriles is 1. The van der Waals surface area contributed by atoms with Crippen molar-refractivity contribution >= 4 is 0 Å². The van der Waals surface area contributed by atoms with Gasteiger partial charge in [-0.2, -0.15) is 5.26 Å². The molecule has 0 N–H and O–H groups in total. The molecule has 1 saturated carbocycles. The summed E-state index contributed by atoms with van der Waals surface area (Å²) in [7, 11) is 0. The zero-order valence-electron chi connectivity index (χ0n) is 6.34. The van der Waals surface area contributed by atoms with Crippen LogP contribution in [-0.4, -0.2) is 0 Å². The molecule has 0 amide bonds. The minimum Gasteiger partial charge on any atom is -0.198 e. The molecule has 0 spiro atoms. The van der Waals surface area contributed by atoms with Gasteiger partial charge in [0.1, 0.15) is 0 Å². The average molecular weight is 136 g/mol. The molecule has 55 valence electrons. The number of unbranched alkanes of at least 4 members (excludes halogenated alkanes) is 1. The summed E-state index contributed by atoms with van der Waals surface area (Å²) in [6.45, 7) is 0. The Hall–Kier alpha value is -0.510. The van der Waals surface area contributed by atoms with Crippen LogP contribution in [0.1, 0.15) is 38.5 Å².